The Bertz CT molecular complexity index is 149. The van der Waals surface area contributed by atoms with Crippen LogP contribution in [0.2, 0.25) is 0 Å². The minimum Gasteiger partial charge on any atom is -0.379 e. The van der Waals surface area contributed by atoms with Crippen LogP contribution in [0.15, 0.2) is 0 Å². The van der Waals surface area contributed by atoms with Crippen LogP contribution in [0.1, 0.15) is 27.2 Å². The van der Waals surface area contributed by atoms with E-state index in [4.69, 9.17) is 16.3 Å². The zero-order valence-electron chi connectivity index (χ0n) is 8.47. The van der Waals surface area contributed by atoms with Crippen molar-refractivity contribution in [1.82, 2.24) is 5.32 Å². The van der Waals surface area contributed by atoms with Gasteiger partial charge >= 0.3 is 0 Å². The third-order valence-corrected chi connectivity index (χ3v) is 1.63. The Hall–Kier alpha value is -0.280. The average molecular weight is 208 g/mol. The van der Waals surface area contributed by atoms with Crippen LogP contribution in [0.25, 0.3) is 0 Å². The molecular weight excluding hydrogens is 190 g/mol. The Morgan fingerprint density at radius 2 is 2.08 bits per heavy atom. The summed E-state index contributed by atoms with van der Waals surface area (Å²) in [6, 6.07) is 0. The van der Waals surface area contributed by atoms with Gasteiger partial charge in [0.05, 0.1) is 6.10 Å². The number of alkyl halides is 1. The molecule has 0 aromatic heterocycles. The summed E-state index contributed by atoms with van der Waals surface area (Å²) < 4.78 is 5.30. The number of nitrogens with one attached hydrogen (secondary N) is 1. The van der Waals surface area contributed by atoms with Gasteiger partial charge in [0.25, 0.3) is 0 Å². The monoisotopic (exact) mass is 207 g/mol. The molecule has 13 heavy (non-hydrogen) atoms. The van der Waals surface area contributed by atoms with Crippen molar-refractivity contribution in [3.8, 4) is 0 Å². The lowest BCUT2D eigenvalue weighted by Gasteiger charge is -2.08. The quantitative estimate of drug-likeness (QED) is 0.530. The van der Waals surface area contributed by atoms with Crippen molar-refractivity contribution in [2.45, 2.75) is 38.7 Å². The van der Waals surface area contributed by atoms with E-state index in [1.54, 1.807) is 6.92 Å². The van der Waals surface area contributed by atoms with E-state index in [0.29, 0.717) is 13.2 Å². The van der Waals surface area contributed by atoms with Crippen molar-refractivity contribution < 1.29 is 9.53 Å². The first-order chi connectivity index (χ1) is 6.04. The topological polar surface area (TPSA) is 38.3 Å². The highest BCUT2D eigenvalue weighted by Gasteiger charge is 2.06. The van der Waals surface area contributed by atoms with E-state index in [1.807, 2.05) is 13.8 Å². The number of amides is 1. The maximum Gasteiger partial charge on any atom is 0.237 e. The van der Waals surface area contributed by atoms with E-state index < -0.39 is 5.38 Å². The first kappa shape index (κ1) is 12.7. The molecule has 0 aliphatic rings. The predicted molar refractivity (Wildman–Crippen MR) is 54.0 cm³/mol. The molecule has 1 N–H and O–H groups in total. The molecule has 78 valence electrons. The Labute approximate surface area is 84.8 Å². The number of ether oxygens (including phenoxy) is 1. The van der Waals surface area contributed by atoms with Crippen LogP contribution in [0, 0.1) is 0 Å². The van der Waals surface area contributed by atoms with E-state index in [2.05, 4.69) is 5.32 Å². The normalized spacial score (nSPS) is 13.0. The van der Waals surface area contributed by atoms with E-state index in [9.17, 15) is 4.79 Å². The average Bonchev–Trinajstić information content (AvgIpc) is 2.02. The number of rotatable bonds is 6. The molecule has 0 aromatic carbocycles. The summed E-state index contributed by atoms with van der Waals surface area (Å²) in [4.78, 5) is 11.0. The third kappa shape index (κ3) is 8.06. The lowest BCUT2D eigenvalue weighted by atomic mass is 10.4. The van der Waals surface area contributed by atoms with Gasteiger partial charge in [0, 0.05) is 13.2 Å². The van der Waals surface area contributed by atoms with Gasteiger partial charge in [-0.1, -0.05) is 0 Å². The molecular formula is C9H18ClNO2. The Kier molecular flexibility index (Phi) is 7.00. The molecule has 0 radical (unpaired) electrons. The molecule has 1 atom stereocenters. The molecule has 0 unspecified atom stereocenters. The van der Waals surface area contributed by atoms with Gasteiger partial charge in [-0.2, -0.15) is 0 Å². The molecule has 0 saturated heterocycles. The van der Waals surface area contributed by atoms with Gasteiger partial charge in [-0.25, -0.2) is 0 Å². The molecule has 4 heteroatoms. The Morgan fingerprint density at radius 3 is 2.54 bits per heavy atom. The van der Waals surface area contributed by atoms with Crippen LogP contribution in [0.5, 0.6) is 0 Å². The van der Waals surface area contributed by atoms with Crippen LogP contribution in [0.4, 0.5) is 0 Å². The molecule has 0 saturated carbocycles. The molecule has 0 rings (SSSR count). The Balaban J connectivity index is 3.21. The van der Waals surface area contributed by atoms with Crippen LogP contribution in [-0.4, -0.2) is 30.5 Å². The lowest BCUT2D eigenvalue weighted by molar-refractivity contribution is -0.120. The van der Waals surface area contributed by atoms with Crippen molar-refractivity contribution in [1.29, 1.82) is 0 Å². The smallest absolute Gasteiger partial charge is 0.237 e. The molecule has 0 bridgehead atoms. The summed E-state index contributed by atoms with van der Waals surface area (Å²) >= 11 is 5.55. The SMILES string of the molecule is CC(C)OCCCNC(=O)[C@@H](C)Cl. The van der Waals surface area contributed by atoms with E-state index >= 15 is 0 Å². The lowest BCUT2D eigenvalue weighted by Crippen LogP contribution is -2.31. The van der Waals surface area contributed by atoms with Crippen LogP contribution in [0.3, 0.4) is 0 Å². The maximum absolute atomic E-state index is 11.0. The molecule has 3 nitrogen and oxygen atoms in total. The van der Waals surface area contributed by atoms with Crippen molar-refractivity contribution in [3.63, 3.8) is 0 Å². The van der Waals surface area contributed by atoms with Gasteiger partial charge in [-0.05, 0) is 27.2 Å². The summed E-state index contributed by atoms with van der Waals surface area (Å²) in [5.74, 6) is -0.119. The minimum atomic E-state index is -0.453. The molecule has 0 aromatic rings. The minimum absolute atomic E-state index is 0.119. The fourth-order valence-corrected chi connectivity index (χ4v) is 0.821. The molecule has 0 spiro atoms. The summed E-state index contributed by atoms with van der Waals surface area (Å²) in [7, 11) is 0. The van der Waals surface area contributed by atoms with Gasteiger partial charge < -0.3 is 10.1 Å². The largest absolute Gasteiger partial charge is 0.379 e. The second-order valence-electron chi connectivity index (χ2n) is 3.18. The van der Waals surface area contributed by atoms with Crippen molar-refractivity contribution in [3.05, 3.63) is 0 Å². The van der Waals surface area contributed by atoms with Gasteiger partial charge in [0.15, 0.2) is 0 Å². The fraction of sp³-hybridized carbons (Fsp3) is 0.889. The van der Waals surface area contributed by atoms with Crippen LogP contribution < -0.4 is 5.32 Å². The zero-order chi connectivity index (χ0) is 10.3. The van der Waals surface area contributed by atoms with Crippen LogP contribution >= 0.6 is 11.6 Å². The second-order valence-corrected chi connectivity index (χ2v) is 3.83. The number of halogens is 1. The summed E-state index contributed by atoms with van der Waals surface area (Å²) in [5, 5.41) is 2.25. The Morgan fingerprint density at radius 1 is 1.46 bits per heavy atom. The fourth-order valence-electron chi connectivity index (χ4n) is 0.743. The van der Waals surface area contributed by atoms with Gasteiger partial charge in [0.1, 0.15) is 5.38 Å². The highest BCUT2D eigenvalue weighted by Crippen LogP contribution is 1.93. The predicted octanol–water partition coefficient (Wildman–Crippen LogP) is 1.54. The number of carbonyl (C=O) groups is 1. The van der Waals surface area contributed by atoms with E-state index in [1.165, 1.54) is 0 Å². The van der Waals surface area contributed by atoms with Gasteiger partial charge in [-0.15, -0.1) is 11.6 Å². The second kappa shape index (κ2) is 7.15. The highest BCUT2D eigenvalue weighted by atomic mass is 35.5. The van der Waals surface area contributed by atoms with Gasteiger partial charge in [0.2, 0.25) is 5.91 Å². The highest BCUT2D eigenvalue weighted by molar-refractivity contribution is 6.30. The summed E-state index contributed by atoms with van der Waals surface area (Å²) in [6.07, 6.45) is 1.08. The number of carbonyl (C=O) groups excluding carboxylic acids is 1. The molecule has 0 aliphatic heterocycles. The molecule has 1 amide bonds. The van der Waals surface area contributed by atoms with Crippen molar-refractivity contribution >= 4 is 17.5 Å². The first-order valence-corrected chi connectivity index (χ1v) is 5.01. The molecule has 0 aliphatic carbocycles. The first-order valence-electron chi connectivity index (χ1n) is 4.57. The van der Waals surface area contributed by atoms with Crippen LogP contribution in [-0.2, 0) is 9.53 Å². The maximum atomic E-state index is 11.0. The van der Waals surface area contributed by atoms with E-state index in [0.717, 1.165) is 6.42 Å². The van der Waals surface area contributed by atoms with Crippen molar-refractivity contribution in [2.24, 2.45) is 0 Å². The summed E-state index contributed by atoms with van der Waals surface area (Å²) in [6.45, 7) is 6.93. The summed E-state index contributed by atoms with van der Waals surface area (Å²) in [5.41, 5.74) is 0. The molecule has 0 heterocycles. The van der Waals surface area contributed by atoms with Gasteiger partial charge in [-0.3, -0.25) is 4.79 Å². The number of hydrogen-bond acceptors (Lipinski definition) is 2. The third-order valence-electron chi connectivity index (χ3n) is 1.43. The zero-order valence-corrected chi connectivity index (χ0v) is 9.23. The number of hydrogen-bond donors (Lipinski definition) is 1. The van der Waals surface area contributed by atoms with E-state index in [-0.39, 0.29) is 12.0 Å². The standard InChI is InChI=1S/C9H18ClNO2/c1-7(2)13-6-4-5-11-9(12)8(3)10/h7-8H,4-6H2,1-3H3,(H,11,12)/t8-/m1/s1. The van der Waals surface area contributed by atoms with Crippen molar-refractivity contribution in [2.75, 3.05) is 13.2 Å². The molecule has 0 fully saturated rings.